The number of hydrogen-bond acceptors (Lipinski definition) is 3. The van der Waals surface area contributed by atoms with Gasteiger partial charge in [-0.1, -0.05) is 48.5 Å². The summed E-state index contributed by atoms with van der Waals surface area (Å²) in [6.45, 7) is 0.779. The Labute approximate surface area is 132 Å². The van der Waals surface area contributed by atoms with E-state index in [2.05, 4.69) is 39.4 Å². The van der Waals surface area contributed by atoms with Crippen molar-refractivity contribution in [3.05, 3.63) is 64.9 Å². The number of nitrogens with one attached hydrogen (secondary N) is 1. The van der Waals surface area contributed by atoms with Gasteiger partial charge in [0.25, 0.3) is 0 Å². The molecule has 0 fully saturated rings. The number of benzene rings is 2. The molecule has 4 rings (SSSR count). The van der Waals surface area contributed by atoms with E-state index in [9.17, 15) is 0 Å². The van der Waals surface area contributed by atoms with Crippen LogP contribution in [0.25, 0.3) is 22.1 Å². The lowest BCUT2D eigenvalue weighted by molar-refractivity contribution is 0.674. The third-order valence-electron chi connectivity index (χ3n) is 3.86. The summed E-state index contributed by atoms with van der Waals surface area (Å²) in [5.41, 5.74) is 4.15. The van der Waals surface area contributed by atoms with Gasteiger partial charge < -0.3 is 4.98 Å². The third-order valence-corrected chi connectivity index (χ3v) is 4.16. The Morgan fingerprint density at radius 2 is 1.73 bits per heavy atom. The Morgan fingerprint density at radius 1 is 0.955 bits per heavy atom. The van der Waals surface area contributed by atoms with Crippen molar-refractivity contribution in [2.45, 2.75) is 13.0 Å². The summed E-state index contributed by atoms with van der Waals surface area (Å²) in [6, 6.07) is 18.5. The summed E-state index contributed by atoms with van der Waals surface area (Å²) in [7, 11) is 0. The van der Waals surface area contributed by atoms with Gasteiger partial charge in [-0.15, -0.1) is 10.2 Å². The number of aromatic nitrogens is 4. The highest BCUT2D eigenvalue weighted by molar-refractivity contribution is 7.71. The number of rotatable bonds is 3. The number of nitrogens with zero attached hydrogens (tertiary/aromatic N) is 3. The molecule has 0 amide bonds. The van der Waals surface area contributed by atoms with Crippen LogP contribution in [0, 0.1) is 4.77 Å². The predicted octanol–water partition coefficient (Wildman–Crippen LogP) is 3.88. The first-order valence-electron chi connectivity index (χ1n) is 7.21. The number of para-hydroxylation sites is 1. The van der Waals surface area contributed by atoms with E-state index in [0.717, 1.165) is 35.0 Å². The van der Waals surface area contributed by atoms with Gasteiger partial charge in [0.05, 0.1) is 0 Å². The molecule has 0 bridgehead atoms. The zero-order chi connectivity index (χ0) is 14.9. The lowest BCUT2D eigenvalue weighted by atomic mass is 10.1. The Bertz CT molecular complexity index is 1000. The van der Waals surface area contributed by atoms with Crippen LogP contribution in [0.2, 0.25) is 0 Å². The minimum absolute atomic E-state index is 0.509. The van der Waals surface area contributed by atoms with Gasteiger partial charge in [0.1, 0.15) is 11.2 Å². The van der Waals surface area contributed by atoms with Crippen LogP contribution in [0.4, 0.5) is 0 Å². The van der Waals surface area contributed by atoms with E-state index < -0.39 is 0 Å². The predicted molar refractivity (Wildman–Crippen MR) is 90.4 cm³/mol. The molecular weight excluding hydrogens is 292 g/mol. The second kappa shape index (κ2) is 5.35. The maximum absolute atomic E-state index is 5.37. The first-order chi connectivity index (χ1) is 10.8. The zero-order valence-corrected chi connectivity index (χ0v) is 12.7. The first kappa shape index (κ1) is 13.2. The summed E-state index contributed by atoms with van der Waals surface area (Å²) < 4.78 is 2.54. The van der Waals surface area contributed by atoms with E-state index in [1.54, 1.807) is 0 Å². The molecule has 0 aliphatic carbocycles. The van der Waals surface area contributed by atoms with Crippen molar-refractivity contribution >= 4 is 34.3 Å². The van der Waals surface area contributed by atoms with E-state index in [4.69, 9.17) is 12.2 Å². The summed E-state index contributed by atoms with van der Waals surface area (Å²) in [5.74, 6) is 0. The molecule has 0 spiro atoms. The summed E-state index contributed by atoms with van der Waals surface area (Å²) in [4.78, 5) is 3.42. The van der Waals surface area contributed by atoms with Gasteiger partial charge in [-0.25, -0.2) is 0 Å². The van der Waals surface area contributed by atoms with Gasteiger partial charge >= 0.3 is 0 Å². The molecule has 22 heavy (non-hydrogen) atoms. The van der Waals surface area contributed by atoms with Crippen LogP contribution in [0.5, 0.6) is 0 Å². The molecule has 0 radical (unpaired) electrons. The molecule has 0 aliphatic rings. The number of fused-ring (bicyclic) bond motifs is 3. The molecular formula is C17H14N4S. The van der Waals surface area contributed by atoms with E-state index in [0.29, 0.717) is 4.77 Å². The fourth-order valence-corrected chi connectivity index (χ4v) is 2.97. The van der Waals surface area contributed by atoms with Crippen molar-refractivity contribution in [3.63, 3.8) is 0 Å². The highest BCUT2D eigenvalue weighted by Gasteiger charge is 2.10. The standard InChI is InChI=1S/C17H14N4S/c22-17-20-19-15-13-8-4-5-9-14(13)18-16(15)21(17)11-10-12-6-2-1-3-7-12/h1-9,18H,10-11H2. The Hall–Kier alpha value is -2.53. The highest BCUT2D eigenvalue weighted by Crippen LogP contribution is 2.22. The topological polar surface area (TPSA) is 46.5 Å². The monoisotopic (exact) mass is 306 g/mol. The Balaban J connectivity index is 1.82. The molecule has 0 atom stereocenters. The normalized spacial score (nSPS) is 11.3. The molecule has 2 heterocycles. The second-order valence-corrected chi connectivity index (χ2v) is 5.60. The molecule has 1 N–H and O–H groups in total. The summed E-state index contributed by atoms with van der Waals surface area (Å²) in [6.07, 6.45) is 0.908. The average Bonchev–Trinajstić information content (AvgIpc) is 2.93. The number of H-pyrrole nitrogens is 1. The summed E-state index contributed by atoms with van der Waals surface area (Å²) in [5, 5.41) is 9.51. The average molecular weight is 306 g/mol. The lowest BCUT2D eigenvalue weighted by Gasteiger charge is -2.07. The fourth-order valence-electron chi connectivity index (χ4n) is 2.74. The van der Waals surface area contributed by atoms with Crippen LogP contribution in [0.15, 0.2) is 54.6 Å². The molecule has 0 saturated heterocycles. The number of aryl methyl sites for hydroxylation is 2. The smallest absolute Gasteiger partial charge is 0.222 e. The van der Waals surface area contributed by atoms with Crippen molar-refractivity contribution in [2.24, 2.45) is 0 Å². The summed E-state index contributed by atoms with van der Waals surface area (Å²) >= 11 is 5.37. The van der Waals surface area contributed by atoms with Crippen LogP contribution in [0.3, 0.4) is 0 Å². The fraction of sp³-hybridized carbons (Fsp3) is 0.118. The van der Waals surface area contributed by atoms with Crippen molar-refractivity contribution in [1.82, 2.24) is 19.7 Å². The van der Waals surface area contributed by atoms with Crippen LogP contribution >= 0.6 is 12.2 Å². The third kappa shape index (κ3) is 2.19. The molecule has 4 aromatic rings. The van der Waals surface area contributed by atoms with Crippen molar-refractivity contribution in [2.75, 3.05) is 0 Å². The Morgan fingerprint density at radius 3 is 2.59 bits per heavy atom. The molecule has 0 unspecified atom stereocenters. The van der Waals surface area contributed by atoms with Gasteiger partial charge in [-0.05, 0) is 30.3 Å². The van der Waals surface area contributed by atoms with E-state index >= 15 is 0 Å². The SMILES string of the molecule is S=c1nnc2c3ccccc3[nH]c2n1CCc1ccccc1. The number of aromatic amines is 1. The van der Waals surface area contributed by atoms with Crippen molar-refractivity contribution in [1.29, 1.82) is 0 Å². The highest BCUT2D eigenvalue weighted by atomic mass is 32.1. The zero-order valence-electron chi connectivity index (χ0n) is 11.9. The molecule has 2 aromatic heterocycles. The molecule has 0 aliphatic heterocycles. The molecule has 0 saturated carbocycles. The van der Waals surface area contributed by atoms with Crippen molar-refractivity contribution < 1.29 is 0 Å². The van der Waals surface area contributed by atoms with Gasteiger partial charge in [-0.3, -0.25) is 4.57 Å². The largest absolute Gasteiger partial charge is 0.339 e. The molecule has 108 valence electrons. The Kier molecular flexibility index (Phi) is 3.20. The van der Waals surface area contributed by atoms with E-state index in [1.807, 2.05) is 34.9 Å². The number of hydrogen-bond donors (Lipinski definition) is 1. The van der Waals surface area contributed by atoms with E-state index in [1.165, 1.54) is 5.56 Å². The quantitative estimate of drug-likeness (QED) is 0.584. The second-order valence-electron chi connectivity index (χ2n) is 5.24. The maximum Gasteiger partial charge on any atom is 0.222 e. The van der Waals surface area contributed by atoms with Crippen LogP contribution in [-0.2, 0) is 13.0 Å². The van der Waals surface area contributed by atoms with E-state index in [-0.39, 0.29) is 0 Å². The first-order valence-corrected chi connectivity index (χ1v) is 7.61. The maximum atomic E-state index is 5.37. The molecule has 5 heteroatoms. The van der Waals surface area contributed by atoms with Gasteiger partial charge in [0.2, 0.25) is 4.77 Å². The van der Waals surface area contributed by atoms with Crippen LogP contribution in [0.1, 0.15) is 5.56 Å². The van der Waals surface area contributed by atoms with Gasteiger partial charge in [0.15, 0.2) is 0 Å². The van der Waals surface area contributed by atoms with Crippen molar-refractivity contribution in [3.8, 4) is 0 Å². The minimum Gasteiger partial charge on any atom is -0.339 e. The molecule has 4 nitrogen and oxygen atoms in total. The minimum atomic E-state index is 0.509. The van der Waals surface area contributed by atoms with Crippen LogP contribution < -0.4 is 0 Å². The van der Waals surface area contributed by atoms with Gasteiger partial charge in [-0.2, -0.15) is 0 Å². The molecule has 2 aromatic carbocycles. The van der Waals surface area contributed by atoms with Crippen LogP contribution in [-0.4, -0.2) is 19.7 Å². The van der Waals surface area contributed by atoms with Gasteiger partial charge in [0, 0.05) is 17.4 Å². The lowest BCUT2D eigenvalue weighted by Crippen LogP contribution is -2.07.